The number of nitrogens with zero attached hydrogens (tertiary/aromatic N) is 2. The fraction of sp³-hybridized carbons (Fsp3) is 0.857. The van der Waals surface area contributed by atoms with Crippen LogP contribution in [0.1, 0.15) is 26.2 Å². The van der Waals surface area contributed by atoms with E-state index in [0.717, 1.165) is 13.0 Å². The lowest BCUT2D eigenvalue weighted by Crippen LogP contribution is -2.48. The van der Waals surface area contributed by atoms with Crippen molar-refractivity contribution in [3.05, 3.63) is 0 Å². The van der Waals surface area contributed by atoms with Crippen LogP contribution in [-0.2, 0) is 14.3 Å². The minimum absolute atomic E-state index is 0.0694. The number of hydrogen-bond acceptors (Lipinski definition) is 5. The second-order valence-electron chi connectivity index (χ2n) is 6.01. The summed E-state index contributed by atoms with van der Waals surface area (Å²) in [5.74, 6) is 5.08. The molecule has 2 saturated heterocycles. The van der Waals surface area contributed by atoms with Gasteiger partial charge >= 0.3 is 0 Å². The van der Waals surface area contributed by atoms with Crippen LogP contribution >= 0.6 is 0 Å². The van der Waals surface area contributed by atoms with E-state index >= 15 is 0 Å². The molecule has 0 aromatic rings. The Bertz CT molecular complexity index is 382. The highest BCUT2D eigenvalue weighted by Crippen LogP contribution is 2.20. The standard InChI is InChI=1S/C14H26N4O3/c1-10-12(5-8-21-10)17(2)9-13(19)18-6-3-11(4-7-18)14(20)16-15/h10-12H,3-9,15H2,1-2H3,(H,16,20). The highest BCUT2D eigenvalue weighted by atomic mass is 16.5. The molecule has 2 rings (SSSR count). The maximum atomic E-state index is 12.3. The number of ether oxygens (including phenoxy) is 1. The second-order valence-corrected chi connectivity index (χ2v) is 6.01. The van der Waals surface area contributed by atoms with Crippen molar-refractivity contribution in [2.75, 3.05) is 33.3 Å². The minimum Gasteiger partial charge on any atom is -0.377 e. The first-order chi connectivity index (χ1) is 10.0. The number of carbonyl (C=O) groups is 2. The summed E-state index contributed by atoms with van der Waals surface area (Å²) in [6.45, 7) is 4.48. The highest BCUT2D eigenvalue weighted by molar-refractivity contribution is 5.80. The monoisotopic (exact) mass is 298 g/mol. The van der Waals surface area contributed by atoms with Crippen molar-refractivity contribution in [1.29, 1.82) is 0 Å². The molecule has 0 saturated carbocycles. The van der Waals surface area contributed by atoms with Crippen LogP contribution in [0.2, 0.25) is 0 Å². The van der Waals surface area contributed by atoms with Crippen LogP contribution < -0.4 is 11.3 Å². The largest absolute Gasteiger partial charge is 0.377 e. The van der Waals surface area contributed by atoms with Gasteiger partial charge in [0.2, 0.25) is 11.8 Å². The van der Waals surface area contributed by atoms with Gasteiger partial charge < -0.3 is 9.64 Å². The van der Waals surface area contributed by atoms with Crippen LogP contribution in [0.4, 0.5) is 0 Å². The highest BCUT2D eigenvalue weighted by Gasteiger charge is 2.31. The zero-order valence-electron chi connectivity index (χ0n) is 12.9. The molecule has 2 atom stereocenters. The van der Waals surface area contributed by atoms with E-state index in [1.807, 2.05) is 11.9 Å². The van der Waals surface area contributed by atoms with E-state index in [2.05, 4.69) is 17.2 Å². The zero-order chi connectivity index (χ0) is 15.4. The predicted molar refractivity (Wildman–Crippen MR) is 78.1 cm³/mol. The van der Waals surface area contributed by atoms with E-state index in [0.29, 0.717) is 38.5 Å². The molecule has 0 aromatic heterocycles. The molecule has 2 amide bonds. The normalized spacial score (nSPS) is 27.1. The molecule has 2 heterocycles. The average Bonchev–Trinajstić information content (AvgIpc) is 2.92. The maximum absolute atomic E-state index is 12.3. The summed E-state index contributed by atoms with van der Waals surface area (Å²) in [5, 5.41) is 0. The maximum Gasteiger partial charge on any atom is 0.237 e. The predicted octanol–water partition coefficient (Wildman–Crippen LogP) is -0.676. The number of likely N-dealkylation sites (tertiary alicyclic amines) is 1. The Morgan fingerprint density at radius 2 is 2.00 bits per heavy atom. The first-order valence-corrected chi connectivity index (χ1v) is 7.63. The van der Waals surface area contributed by atoms with Gasteiger partial charge in [-0.2, -0.15) is 0 Å². The van der Waals surface area contributed by atoms with Gasteiger partial charge in [0.25, 0.3) is 0 Å². The van der Waals surface area contributed by atoms with Crippen molar-refractivity contribution in [1.82, 2.24) is 15.2 Å². The topological polar surface area (TPSA) is 87.9 Å². The Morgan fingerprint density at radius 3 is 2.52 bits per heavy atom. The van der Waals surface area contributed by atoms with Crippen molar-refractivity contribution in [2.24, 2.45) is 11.8 Å². The third-order valence-electron chi connectivity index (χ3n) is 4.65. The third-order valence-corrected chi connectivity index (χ3v) is 4.65. The number of amides is 2. The zero-order valence-corrected chi connectivity index (χ0v) is 12.9. The van der Waals surface area contributed by atoms with Crippen molar-refractivity contribution in [2.45, 2.75) is 38.3 Å². The average molecular weight is 298 g/mol. The van der Waals surface area contributed by atoms with Gasteiger partial charge in [-0.15, -0.1) is 0 Å². The van der Waals surface area contributed by atoms with Gasteiger partial charge in [-0.3, -0.25) is 19.9 Å². The van der Waals surface area contributed by atoms with Gasteiger partial charge in [0, 0.05) is 31.7 Å². The molecule has 3 N–H and O–H groups in total. The fourth-order valence-corrected chi connectivity index (χ4v) is 3.24. The molecule has 2 aliphatic heterocycles. The first kappa shape index (κ1) is 16.2. The molecule has 0 aromatic carbocycles. The Balaban J connectivity index is 1.78. The number of likely N-dealkylation sites (N-methyl/N-ethyl adjacent to an activating group) is 1. The lowest BCUT2D eigenvalue weighted by Gasteiger charge is -2.33. The minimum atomic E-state index is -0.129. The molecule has 0 bridgehead atoms. The Kier molecular flexibility index (Phi) is 5.55. The summed E-state index contributed by atoms with van der Waals surface area (Å²) in [7, 11) is 1.97. The number of piperidine rings is 1. The molecule has 7 nitrogen and oxygen atoms in total. The fourth-order valence-electron chi connectivity index (χ4n) is 3.24. The van der Waals surface area contributed by atoms with Crippen molar-refractivity contribution in [3.8, 4) is 0 Å². The van der Waals surface area contributed by atoms with E-state index in [4.69, 9.17) is 10.6 Å². The summed E-state index contributed by atoms with van der Waals surface area (Å²) in [5.41, 5.74) is 2.19. The summed E-state index contributed by atoms with van der Waals surface area (Å²) >= 11 is 0. The van der Waals surface area contributed by atoms with Gasteiger partial charge in [0.15, 0.2) is 0 Å². The molecule has 2 aliphatic rings. The molecule has 2 fully saturated rings. The number of hydrazine groups is 1. The molecule has 0 aliphatic carbocycles. The summed E-state index contributed by atoms with van der Waals surface area (Å²) < 4.78 is 5.54. The lowest BCUT2D eigenvalue weighted by atomic mass is 9.96. The second kappa shape index (κ2) is 7.20. The van der Waals surface area contributed by atoms with Crippen LogP contribution in [0.25, 0.3) is 0 Å². The molecular weight excluding hydrogens is 272 g/mol. The molecule has 21 heavy (non-hydrogen) atoms. The molecular formula is C14H26N4O3. The number of nitrogens with two attached hydrogens (primary N) is 1. The van der Waals surface area contributed by atoms with Crippen LogP contribution in [0.3, 0.4) is 0 Å². The van der Waals surface area contributed by atoms with E-state index in [-0.39, 0.29) is 23.8 Å². The first-order valence-electron chi connectivity index (χ1n) is 7.63. The molecule has 2 unspecified atom stereocenters. The lowest BCUT2D eigenvalue weighted by molar-refractivity contribution is -0.136. The van der Waals surface area contributed by atoms with E-state index in [1.54, 1.807) is 0 Å². The van der Waals surface area contributed by atoms with E-state index in [9.17, 15) is 9.59 Å². The van der Waals surface area contributed by atoms with Gasteiger partial charge in [-0.1, -0.05) is 0 Å². The SMILES string of the molecule is CC1OCCC1N(C)CC(=O)N1CCC(C(=O)NN)CC1. The molecule has 0 radical (unpaired) electrons. The molecule has 120 valence electrons. The number of hydrogen-bond donors (Lipinski definition) is 2. The number of carbonyl (C=O) groups excluding carboxylic acids is 2. The summed E-state index contributed by atoms with van der Waals surface area (Å²) in [6.07, 6.45) is 2.52. The van der Waals surface area contributed by atoms with Crippen LogP contribution in [0.5, 0.6) is 0 Å². The van der Waals surface area contributed by atoms with Crippen molar-refractivity contribution >= 4 is 11.8 Å². The summed E-state index contributed by atoms with van der Waals surface area (Å²) in [6, 6.07) is 0.314. The van der Waals surface area contributed by atoms with Gasteiger partial charge in [-0.05, 0) is 33.2 Å². The van der Waals surface area contributed by atoms with Crippen molar-refractivity contribution in [3.63, 3.8) is 0 Å². The third kappa shape index (κ3) is 3.93. The number of nitrogens with one attached hydrogen (secondary N) is 1. The molecule has 7 heteroatoms. The van der Waals surface area contributed by atoms with Crippen LogP contribution in [0, 0.1) is 5.92 Å². The van der Waals surface area contributed by atoms with Gasteiger partial charge in [0.05, 0.1) is 12.6 Å². The van der Waals surface area contributed by atoms with Crippen LogP contribution in [-0.4, -0.2) is 67.0 Å². The van der Waals surface area contributed by atoms with Crippen LogP contribution in [0.15, 0.2) is 0 Å². The quantitative estimate of drug-likeness (QED) is 0.408. The smallest absolute Gasteiger partial charge is 0.237 e. The Labute approximate surface area is 125 Å². The Morgan fingerprint density at radius 1 is 1.33 bits per heavy atom. The van der Waals surface area contributed by atoms with Crippen molar-refractivity contribution < 1.29 is 14.3 Å². The van der Waals surface area contributed by atoms with E-state index < -0.39 is 0 Å². The van der Waals surface area contributed by atoms with Gasteiger partial charge in [-0.25, -0.2) is 5.84 Å². The van der Waals surface area contributed by atoms with Gasteiger partial charge in [0.1, 0.15) is 0 Å². The number of rotatable bonds is 4. The molecule has 0 spiro atoms. The summed E-state index contributed by atoms with van der Waals surface area (Å²) in [4.78, 5) is 27.7. The van der Waals surface area contributed by atoms with E-state index in [1.165, 1.54) is 0 Å². The Hall–Kier alpha value is -1.18.